The Labute approximate surface area is 175 Å². The molecule has 0 spiro atoms. The molecule has 0 amide bonds. The maximum absolute atomic E-state index is 10.5. The molecular formula is C22H27N7O. The van der Waals surface area contributed by atoms with Crippen LogP contribution in [0.3, 0.4) is 0 Å². The van der Waals surface area contributed by atoms with Crippen LogP contribution < -0.4 is 27.1 Å². The molecule has 3 heterocycles. The van der Waals surface area contributed by atoms with Gasteiger partial charge in [-0.05, 0) is 37.1 Å². The lowest BCUT2D eigenvalue weighted by Crippen LogP contribution is -2.56. The minimum Gasteiger partial charge on any atom is -0.368 e. The predicted molar refractivity (Wildman–Crippen MR) is 118 cm³/mol. The molecule has 8 nitrogen and oxygen atoms in total. The summed E-state index contributed by atoms with van der Waals surface area (Å²) < 4.78 is 0. The van der Waals surface area contributed by atoms with Gasteiger partial charge in [0.05, 0.1) is 23.5 Å². The first-order valence-electron chi connectivity index (χ1n) is 10.5. The van der Waals surface area contributed by atoms with Crippen LogP contribution in [0.15, 0.2) is 64.7 Å². The van der Waals surface area contributed by atoms with Crippen LogP contribution in [-0.2, 0) is 0 Å². The minimum absolute atomic E-state index is 0.115. The van der Waals surface area contributed by atoms with Gasteiger partial charge in [-0.25, -0.2) is 0 Å². The van der Waals surface area contributed by atoms with Crippen LogP contribution in [0.5, 0.6) is 0 Å². The fraction of sp³-hybridized carbons (Fsp3) is 0.364. The third-order valence-corrected chi connectivity index (χ3v) is 5.99. The number of hydrogen-bond acceptors (Lipinski definition) is 8. The molecule has 0 saturated heterocycles. The average Bonchev–Trinajstić information content (AvgIpc) is 2.75. The Morgan fingerprint density at radius 1 is 1.17 bits per heavy atom. The van der Waals surface area contributed by atoms with Crippen molar-refractivity contribution >= 4 is 22.8 Å². The molecule has 3 aliphatic rings. The number of hydrogen-bond donors (Lipinski definition) is 6. The van der Waals surface area contributed by atoms with Gasteiger partial charge in [-0.3, -0.25) is 15.7 Å². The number of nitrogens with two attached hydrogens (primary N) is 1. The van der Waals surface area contributed by atoms with E-state index in [1.165, 1.54) is 12.8 Å². The van der Waals surface area contributed by atoms with Gasteiger partial charge in [-0.15, -0.1) is 0 Å². The molecule has 2 unspecified atom stereocenters. The largest absolute Gasteiger partial charge is 0.368 e. The van der Waals surface area contributed by atoms with E-state index in [0.29, 0.717) is 0 Å². The molecule has 1 aromatic carbocycles. The molecule has 8 heteroatoms. The molecule has 156 valence electrons. The number of aliphatic hydroxyl groups is 1. The van der Waals surface area contributed by atoms with Gasteiger partial charge in [0, 0.05) is 34.9 Å². The molecule has 2 aromatic rings. The Balaban J connectivity index is 1.43. The second kappa shape index (κ2) is 8.06. The van der Waals surface area contributed by atoms with Crippen molar-refractivity contribution in [2.45, 2.75) is 50.2 Å². The van der Waals surface area contributed by atoms with Crippen molar-refractivity contribution in [3.63, 3.8) is 0 Å². The van der Waals surface area contributed by atoms with Crippen molar-refractivity contribution in [2.75, 3.05) is 5.32 Å². The van der Waals surface area contributed by atoms with Crippen LogP contribution in [-0.4, -0.2) is 40.8 Å². The Morgan fingerprint density at radius 2 is 2.07 bits per heavy atom. The zero-order valence-electron chi connectivity index (χ0n) is 16.7. The van der Waals surface area contributed by atoms with Gasteiger partial charge in [-0.2, -0.15) is 5.10 Å². The van der Waals surface area contributed by atoms with Crippen LogP contribution in [0.25, 0.3) is 10.9 Å². The molecule has 1 aliphatic carbocycles. The zero-order valence-corrected chi connectivity index (χ0v) is 16.7. The second-order valence-corrected chi connectivity index (χ2v) is 8.08. The highest BCUT2D eigenvalue weighted by Gasteiger charge is 2.30. The summed E-state index contributed by atoms with van der Waals surface area (Å²) in [7, 11) is 0. The van der Waals surface area contributed by atoms with Crippen molar-refractivity contribution in [3.8, 4) is 0 Å². The van der Waals surface area contributed by atoms with Gasteiger partial charge in [0.25, 0.3) is 0 Å². The van der Waals surface area contributed by atoms with Crippen LogP contribution in [0, 0.1) is 0 Å². The quantitative estimate of drug-likeness (QED) is 0.456. The Morgan fingerprint density at radius 3 is 2.97 bits per heavy atom. The molecule has 1 aromatic heterocycles. The molecule has 0 bridgehead atoms. The molecule has 1 fully saturated rings. The highest BCUT2D eigenvalue weighted by atomic mass is 16.3. The lowest BCUT2D eigenvalue weighted by atomic mass is 9.90. The first kappa shape index (κ1) is 19.0. The van der Waals surface area contributed by atoms with E-state index in [4.69, 9.17) is 5.73 Å². The summed E-state index contributed by atoms with van der Waals surface area (Å²) in [6, 6.07) is 10.4. The molecule has 5 rings (SSSR count). The number of benzene rings is 1. The van der Waals surface area contributed by atoms with Gasteiger partial charge in [0.15, 0.2) is 6.23 Å². The van der Waals surface area contributed by atoms with Crippen molar-refractivity contribution in [1.29, 1.82) is 0 Å². The maximum atomic E-state index is 10.5. The third kappa shape index (κ3) is 3.77. The average molecular weight is 406 g/mol. The normalized spacial score (nSPS) is 28.4. The van der Waals surface area contributed by atoms with Crippen LogP contribution in [0.1, 0.15) is 25.7 Å². The molecule has 4 atom stereocenters. The van der Waals surface area contributed by atoms with E-state index in [1.807, 2.05) is 30.3 Å². The summed E-state index contributed by atoms with van der Waals surface area (Å²) in [5.41, 5.74) is 12.5. The smallest absolute Gasteiger partial charge is 0.169 e. The molecule has 7 N–H and O–H groups in total. The lowest BCUT2D eigenvalue weighted by Gasteiger charge is -2.37. The highest BCUT2D eigenvalue weighted by molar-refractivity contribution is 5.88. The summed E-state index contributed by atoms with van der Waals surface area (Å²) in [6.07, 6.45) is 9.05. The summed E-state index contributed by atoms with van der Waals surface area (Å²) in [4.78, 5) is 4.44. The second-order valence-electron chi connectivity index (χ2n) is 8.08. The van der Waals surface area contributed by atoms with Crippen LogP contribution in [0.2, 0.25) is 0 Å². The number of rotatable bonds is 4. The number of nitrogens with zero attached hydrogens (tertiary/aromatic N) is 2. The Bertz CT molecular complexity index is 1030. The van der Waals surface area contributed by atoms with Crippen molar-refractivity contribution in [2.24, 2.45) is 10.8 Å². The number of nitrogens with one attached hydrogen (secondary N) is 4. The number of pyridine rings is 1. The van der Waals surface area contributed by atoms with E-state index in [0.717, 1.165) is 46.4 Å². The highest BCUT2D eigenvalue weighted by Crippen LogP contribution is 2.26. The number of hydrazone groups is 1. The van der Waals surface area contributed by atoms with E-state index >= 15 is 0 Å². The van der Waals surface area contributed by atoms with Gasteiger partial charge in [-0.1, -0.05) is 25.0 Å². The minimum atomic E-state index is -0.896. The van der Waals surface area contributed by atoms with E-state index < -0.39 is 6.23 Å². The van der Waals surface area contributed by atoms with Crippen molar-refractivity contribution in [3.05, 3.63) is 59.6 Å². The zero-order chi connectivity index (χ0) is 20.5. The molecule has 1 saturated carbocycles. The van der Waals surface area contributed by atoms with E-state index in [9.17, 15) is 5.11 Å². The SMILES string of the molecule is N[C@H]1CCCC[C@H]1NC1C=C2C=NNC(O)C2=C(Nc2ccc3cccnc3c2)N1. The number of fused-ring (bicyclic) bond motifs is 2. The summed E-state index contributed by atoms with van der Waals surface area (Å²) in [5.74, 6) is 0.732. The van der Waals surface area contributed by atoms with Crippen LogP contribution in [0.4, 0.5) is 5.69 Å². The Kier molecular flexibility index (Phi) is 5.12. The number of aromatic nitrogens is 1. The number of aliphatic hydroxyl groups excluding tert-OH is 1. The molecule has 0 radical (unpaired) electrons. The number of dihydropyridines is 1. The van der Waals surface area contributed by atoms with E-state index in [-0.39, 0.29) is 18.2 Å². The monoisotopic (exact) mass is 405 g/mol. The first-order valence-corrected chi connectivity index (χ1v) is 10.5. The van der Waals surface area contributed by atoms with Crippen LogP contribution >= 0.6 is 0 Å². The predicted octanol–water partition coefficient (Wildman–Crippen LogP) is 1.48. The first-order chi connectivity index (χ1) is 14.7. The molecular weight excluding hydrogens is 378 g/mol. The van der Waals surface area contributed by atoms with Gasteiger partial charge >= 0.3 is 0 Å². The molecule has 30 heavy (non-hydrogen) atoms. The summed E-state index contributed by atoms with van der Waals surface area (Å²) >= 11 is 0. The summed E-state index contributed by atoms with van der Waals surface area (Å²) in [5, 5.41) is 26.2. The lowest BCUT2D eigenvalue weighted by molar-refractivity contribution is 0.172. The van der Waals surface area contributed by atoms with Gasteiger partial charge < -0.3 is 21.5 Å². The summed E-state index contributed by atoms with van der Waals surface area (Å²) in [6.45, 7) is 0. The van der Waals surface area contributed by atoms with E-state index in [2.05, 4.69) is 37.5 Å². The molecule has 2 aliphatic heterocycles. The standard InChI is InChI=1S/C22H27N7O/c23-16-5-1-2-6-17(16)27-19-10-14-12-25-29-22(30)20(14)21(28-19)26-15-8-7-13-4-3-9-24-18(13)11-15/h3-4,7-12,16-17,19,22,26-30H,1-2,5-6,23H2/t16-,17+,19?,22?/m0/s1. The number of anilines is 1. The van der Waals surface area contributed by atoms with E-state index in [1.54, 1.807) is 12.4 Å². The Hall–Kier alpha value is -2.94. The fourth-order valence-corrected chi connectivity index (χ4v) is 4.42. The topological polar surface area (TPSA) is 120 Å². The van der Waals surface area contributed by atoms with Gasteiger partial charge in [0.1, 0.15) is 5.82 Å². The van der Waals surface area contributed by atoms with Gasteiger partial charge in [0.2, 0.25) is 0 Å². The maximum Gasteiger partial charge on any atom is 0.169 e. The third-order valence-electron chi connectivity index (χ3n) is 5.99. The van der Waals surface area contributed by atoms with Crippen molar-refractivity contribution in [1.82, 2.24) is 21.0 Å². The fourth-order valence-electron chi connectivity index (χ4n) is 4.42. The van der Waals surface area contributed by atoms with Crippen molar-refractivity contribution < 1.29 is 5.11 Å².